The Morgan fingerprint density at radius 3 is 1.96 bits per heavy atom. The van der Waals surface area contributed by atoms with Gasteiger partial charge in [-0.15, -0.1) is 23.5 Å². The van der Waals surface area contributed by atoms with Gasteiger partial charge >= 0.3 is 0 Å². The lowest BCUT2D eigenvalue weighted by Crippen LogP contribution is -1.99. The quantitative estimate of drug-likeness (QED) is 0.575. The molecule has 3 rings (SSSR count). The van der Waals surface area contributed by atoms with Crippen molar-refractivity contribution < 1.29 is 0 Å². The van der Waals surface area contributed by atoms with Crippen LogP contribution >= 0.6 is 23.5 Å². The molecule has 126 valence electrons. The van der Waals surface area contributed by atoms with Crippen molar-refractivity contribution in [3.05, 3.63) is 77.9 Å². The van der Waals surface area contributed by atoms with Gasteiger partial charge in [-0.1, -0.05) is 35.4 Å². The van der Waals surface area contributed by atoms with Crippen LogP contribution < -0.4 is 6.15 Å². The summed E-state index contributed by atoms with van der Waals surface area (Å²) in [6.45, 7) is 4.23. The minimum atomic E-state index is 0. The van der Waals surface area contributed by atoms with Gasteiger partial charge in [0.2, 0.25) is 0 Å². The molecule has 5 heteroatoms. The van der Waals surface area contributed by atoms with Crippen molar-refractivity contribution >= 4 is 23.5 Å². The van der Waals surface area contributed by atoms with Crippen molar-refractivity contribution in [2.75, 3.05) is 0 Å². The molecule has 3 N–H and O–H groups in total. The number of hydrogen-bond donors (Lipinski definition) is 1. The van der Waals surface area contributed by atoms with Crippen LogP contribution in [0.25, 0.3) is 0 Å². The van der Waals surface area contributed by atoms with Crippen LogP contribution in [0, 0.1) is 13.8 Å². The molecule has 0 spiro atoms. The Hall–Kier alpha value is -1.69. The molecular formula is C19H23N3S2. The second kappa shape index (κ2) is 8.97. The molecule has 0 aliphatic carbocycles. The molecule has 1 aromatic heterocycles. The standard InChI is InChI=1S/C19H20N2S2.H3N/c1-15-3-7-17(8-4-15)22-13-19-20-11-12-21(19)14-23-18-9-5-16(2)6-10-18;/h3-12H,13-14H2,1-2H3;1H3. The number of hydrogen-bond acceptors (Lipinski definition) is 4. The predicted molar refractivity (Wildman–Crippen MR) is 105 cm³/mol. The monoisotopic (exact) mass is 357 g/mol. The van der Waals surface area contributed by atoms with E-state index in [1.165, 1.54) is 20.9 Å². The van der Waals surface area contributed by atoms with E-state index in [1.807, 2.05) is 29.7 Å². The molecule has 1 heterocycles. The zero-order valence-electron chi connectivity index (χ0n) is 14.1. The molecule has 2 aromatic carbocycles. The number of nitrogens with zero attached hydrogens (tertiary/aromatic N) is 2. The fourth-order valence-electron chi connectivity index (χ4n) is 2.16. The number of benzene rings is 2. The molecule has 0 amide bonds. The largest absolute Gasteiger partial charge is 0.344 e. The Kier molecular flexibility index (Phi) is 6.97. The summed E-state index contributed by atoms with van der Waals surface area (Å²) in [6.07, 6.45) is 3.95. The SMILES string of the molecule is Cc1ccc(SCc2nccn2CSc2ccc(C)cc2)cc1.N. The van der Waals surface area contributed by atoms with Crippen LogP contribution in [0.15, 0.2) is 70.7 Å². The van der Waals surface area contributed by atoms with Gasteiger partial charge in [-0.25, -0.2) is 4.98 Å². The summed E-state index contributed by atoms with van der Waals surface area (Å²) < 4.78 is 2.23. The molecule has 3 aromatic rings. The Labute approximate surface area is 152 Å². The number of aromatic nitrogens is 2. The smallest absolute Gasteiger partial charge is 0.119 e. The van der Waals surface area contributed by atoms with E-state index in [0.29, 0.717) is 0 Å². The van der Waals surface area contributed by atoms with Gasteiger partial charge in [-0.2, -0.15) is 0 Å². The highest BCUT2D eigenvalue weighted by molar-refractivity contribution is 7.98. The van der Waals surface area contributed by atoms with Crippen LogP contribution in [0.2, 0.25) is 0 Å². The van der Waals surface area contributed by atoms with Crippen molar-refractivity contribution in [3.8, 4) is 0 Å². The summed E-state index contributed by atoms with van der Waals surface area (Å²) >= 11 is 3.67. The van der Waals surface area contributed by atoms with Crippen molar-refractivity contribution in [2.45, 2.75) is 35.3 Å². The topological polar surface area (TPSA) is 52.8 Å². The summed E-state index contributed by atoms with van der Waals surface area (Å²) in [5.41, 5.74) is 2.59. The normalized spacial score (nSPS) is 10.4. The van der Waals surface area contributed by atoms with Gasteiger partial charge in [0, 0.05) is 22.2 Å². The molecular weight excluding hydrogens is 334 g/mol. The molecule has 0 saturated carbocycles. The van der Waals surface area contributed by atoms with Gasteiger partial charge in [0.25, 0.3) is 0 Å². The Balaban J connectivity index is 0.00000208. The molecule has 0 radical (unpaired) electrons. The lowest BCUT2D eigenvalue weighted by Gasteiger charge is -2.08. The zero-order chi connectivity index (χ0) is 16.1. The molecule has 0 bridgehead atoms. The third-order valence-electron chi connectivity index (χ3n) is 3.58. The third kappa shape index (κ3) is 5.16. The maximum atomic E-state index is 4.50. The van der Waals surface area contributed by atoms with Crippen LogP contribution in [0.4, 0.5) is 0 Å². The Morgan fingerprint density at radius 2 is 1.38 bits per heavy atom. The minimum Gasteiger partial charge on any atom is -0.344 e. The van der Waals surface area contributed by atoms with Crippen molar-refractivity contribution in [1.82, 2.24) is 15.7 Å². The van der Waals surface area contributed by atoms with Crippen LogP contribution in [0.1, 0.15) is 17.0 Å². The van der Waals surface area contributed by atoms with E-state index in [4.69, 9.17) is 0 Å². The van der Waals surface area contributed by atoms with Gasteiger partial charge in [0.05, 0.1) is 11.6 Å². The predicted octanol–water partition coefficient (Wildman–Crippen LogP) is 5.70. The number of imidazole rings is 1. The first-order valence-corrected chi connectivity index (χ1v) is 9.57. The maximum absolute atomic E-state index is 4.50. The lowest BCUT2D eigenvalue weighted by molar-refractivity contribution is 0.830. The maximum Gasteiger partial charge on any atom is 0.119 e. The van der Waals surface area contributed by atoms with E-state index in [9.17, 15) is 0 Å². The molecule has 3 nitrogen and oxygen atoms in total. The molecule has 24 heavy (non-hydrogen) atoms. The van der Waals surface area contributed by atoms with Crippen molar-refractivity contribution in [2.24, 2.45) is 0 Å². The number of thioether (sulfide) groups is 2. The number of aryl methyl sites for hydroxylation is 2. The summed E-state index contributed by atoms with van der Waals surface area (Å²) in [5, 5.41) is 0. The zero-order valence-corrected chi connectivity index (χ0v) is 15.7. The van der Waals surface area contributed by atoms with Crippen LogP contribution in [-0.4, -0.2) is 9.55 Å². The summed E-state index contributed by atoms with van der Waals surface area (Å²) in [7, 11) is 0. The fraction of sp³-hybridized carbons (Fsp3) is 0.211. The first-order valence-electron chi connectivity index (χ1n) is 7.60. The van der Waals surface area contributed by atoms with Gasteiger partial charge in [0.1, 0.15) is 5.82 Å². The Morgan fingerprint density at radius 1 is 0.833 bits per heavy atom. The average Bonchev–Trinajstić information content (AvgIpc) is 3.01. The molecule has 0 aliphatic heterocycles. The summed E-state index contributed by atoms with van der Waals surface area (Å²) in [5.74, 6) is 2.91. The molecule has 0 saturated heterocycles. The highest BCUT2D eigenvalue weighted by atomic mass is 32.2. The fourth-order valence-corrected chi connectivity index (χ4v) is 3.88. The van der Waals surface area contributed by atoms with E-state index >= 15 is 0 Å². The number of rotatable bonds is 6. The van der Waals surface area contributed by atoms with Crippen LogP contribution in [0.5, 0.6) is 0 Å². The molecule has 0 aliphatic rings. The highest BCUT2D eigenvalue weighted by Crippen LogP contribution is 2.25. The van der Waals surface area contributed by atoms with E-state index < -0.39 is 0 Å². The van der Waals surface area contributed by atoms with Crippen LogP contribution in [-0.2, 0) is 11.6 Å². The highest BCUT2D eigenvalue weighted by Gasteiger charge is 2.05. The van der Waals surface area contributed by atoms with Crippen LogP contribution in [0.3, 0.4) is 0 Å². The Bertz CT molecular complexity index is 685. The minimum absolute atomic E-state index is 0. The van der Waals surface area contributed by atoms with E-state index in [-0.39, 0.29) is 6.15 Å². The van der Waals surface area contributed by atoms with E-state index in [2.05, 4.69) is 78.1 Å². The van der Waals surface area contributed by atoms with Gasteiger partial charge in [-0.3, -0.25) is 0 Å². The van der Waals surface area contributed by atoms with E-state index in [1.54, 1.807) is 0 Å². The molecule has 0 unspecified atom stereocenters. The van der Waals surface area contributed by atoms with Gasteiger partial charge in [0.15, 0.2) is 0 Å². The van der Waals surface area contributed by atoms with Gasteiger partial charge < -0.3 is 10.7 Å². The first-order chi connectivity index (χ1) is 11.2. The molecule has 0 atom stereocenters. The second-order valence-electron chi connectivity index (χ2n) is 5.50. The molecule has 0 fully saturated rings. The van der Waals surface area contributed by atoms with Gasteiger partial charge in [-0.05, 0) is 38.1 Å². The summed E-state index contributed by atoms with van der Waals surface area (Å²) in [6, 6.07) is 17.3. The van der Waals surface area contributed by atoms with Crippen molar-refractivity contribution in [1.29, 1.82) is 0 Å². The summed E-state index contributed by atoms with van der Waals surface area (Å²) in [4.78, 5) is 7.09. The second-order valence-corrected chi connectivity index (χ2v) is 7.57. The third-order valence-corrected chi connectivity index (χ3v) is 5.60. The van der Waals surface area contributed by atoms with Crippen molar-refractivity contribution in [3.63, 3.8) is 0 Å². The average molecular weight is 358 g/mol. The first kappa shape index (κ1) is 18.6. The van der Waals surface area contributed by atoms with E-state index in [0.717, 1.165) is 17.5 Å². The lowest BCUT2D eigenvalue weighted by atomic mass is 10.2.